The molecule has 0 aliphatic rings. The van der Waals surface area contributed by atoms with Gasteiger partial charge in [-0.15, -0.1) is 0 Å². The van der Waals surface area contributed by atoms with E-state index in [9.17, 15) is 0 Å². The third kappa shape index (κ3) is 6.91. The van der Waals surface area contributed by atoms with Crippen molar-refractivity contribution in [3.05, 3.63) is 47.3 Å². The van der Waals surface area contributed by atoms with Crippen LogP contribution in [0.5, 0.6) is 5.75 Å². The molecule has 1 heterocycles. The number of aromatic nitrogens is 2. The monoisotopic (exact) mass is 385 g/mol. The van der Waals surface area contributed by atoms with Crippen LogP contribution in [0.4, 0.5) is 0 Å². The molecule has 2 rings (SSSR count). The maximum absolute atomic E-state index is 5.23. The molecule has 1 aromatic carbocycles. The Kier molecular flexibility index (Phi) is 8.85. The number of hydrogen-bond donors (Lipinski definition) is 2. The number of benzene rings is 1. The van der Waals surface area contributed by atoms with Gasteiger partial charge in [0.15, 0.2) is 5.96 Å². The normalized spacial score (nSPS) is 12.7. The van der Waals surface area contributed by atoms with Crippen LogP contribution < -0.4 is 15.4 Å². The molecule has 0 amide bonds. The maximum atomic E-state index is 5.23. The Morgan fingerprint density at radius 2 is 1.96 bits per heavy atom. The summed E-state index contributed by atoms with van der Waals surface area (Å²) in [6, 6.07) is 10.4. The summed E-state index contributed by atoms with van der Waals surface area (Å²) in [6.45, 7) is 11.9. The quantitative estimate of drug-likeness (QED) is 0.372. The Hall–Kier alpha value is -2.50. The summed E-state index contributed by atoms with van der Waals surface area (Å²) in [5.41, 5.74) is 3.61. The fourth-order valence-corrected chi connectivity index (χ4v) is 3.16. The molecule has 6 nitrogen and oxygen atoms in total. The highest BCUT2D eigenvalue weighted by Crippen LogP contribution is 2.21. The molecule has 0 aliphatic carbocycles. The van der Waals surface area contributed by atoms with Crippen LogP contribution in [0.15, 0.2) is 35.3 Å². The van der Waals surface area contributed by atoms with E-state index in [0.717, 1.165) is 56.4 Å². The average molecular weight is 386 g/mol. The minimum Gasteiger partial charge on any atom is -0.497 e. The Morgan fingerprint density at radius 1 is 1.21 bits per heavy atom. The first kappa shape index (κ1) is 21.8. The molecular weight excluding hydrogens is 350 g/mol. The summed E-state index contributed by atoms with van der Waals surface area (Å²) in [6.07, 6.45) is 2.02. The summed E-state index contributed by atoms with van der Waals surface area (Å²) in [7, 11) is 1.70. The highest BCUT2D eigenvalue weighted by Gasteiger charge is 2.06. The molecule has 154 valence electrons. The third-order valence-corrected chi connectivity index (χ3v) is 4.80. The van der Waals surface area contributed by atoms with Gasteiger partial charge in [0, 0.05) is 31.9 Å². The van der Waals surface area contributed by atoms with Gasteiger partial charge in [-0.3, -0.25) is 9.67 Å². The molecular formula is C22H35N5O. The summed E-state index contributed by atoms with van der Waals surface area (Å²) >= 11 is 0. The zero-order valence-corrected chi connectivity index (χ0v) is 18.0. The van der Waals surface area contributed by atoms with Crippen LogP contribution in [0.2, 0.25) is 0 Å². The van der Waals surface area contributed by atoms with Crippen molar-refractivity contribution in [2.45, 2.75) is 53.0 Å². The van der Waals surface area contributed by atoms with Gasteiger partial charge in [-0.2, -0.15) is 5.10 Å². The van der Waals surface area contributed by atoms with Crippen LogP contribution in [0.1, 0.15) is 49.6 Å². The van der Waals surface area contributed by atoms with Crippen LogP contribution >= 0.6 is 0 Å². The topological polar surface area (TPSA) is 63.5 Å². The van der Waals surface area contributed by atoms with Crippen LogP contribution in [0.25, 0.3) is 0 Å². The highest BCUT2D eigenvalue weighted by atomic mass is 16.5. The van der Waals surface area contributed by atoms with Gasteiger partial charge >= 0.3 is 0 Å². The number of hydrogen-bond acceptors (Lipinski definition) is 3. The molecule has 0 saturated heterocycles. The first-order valence-corrected chi connectivity index (χ1v) is 10.2. The van der Waals surface area contributed by atoms with Crippen molar-refractivity contribution in [3.63, 3.8) is 0 Å². The molecule has 0 aliphatic heterocycles. The molecule has 2 aromatic rings. The van der Waals surface area contributed by atoms with E-state index in [-0.39, 0.29) is 0 Å². The van der Waals surface area contributed by atoms with Gasteiger partial charge in [0.05, 0.1) is 12.8 Å². The SMILES string of the molecule is CCNC(=NCCCn1nc(C)cc1C)NCCC(C)c1ccc(OC)cc1. The van der Waals surface area contributed by atoms with Crippen molar-refractivity contribution in [2.75, 3.05) is 26.7 Å². The van der Waals surface area contributed by atoms with Gasteiger partial charge in [-0.1, -0.05) is 19.1 Å². The highest BCUT2D eigenvalue weighted by molar-refractivity contribution is 5.79. The molecule has 2 N–H and O–H groups in total. The van der Waals surface area contributed by atoms with Crippen molar-refractivity contribution in [3.8, 4) is 5.75 Å². The minimum absolute atomic E-state index is 0.479. The van der Waals surface area contributed by atoms with E-state index in [2.05, 4.69) is 59.4 Å². The van der Waals surface area contributed by atoms with Gasteiger partial charge in [-0.25, -0.2) is 0 Å². The predicted octanol–water partition coefficient (Wildman–Crippen LogP) is 3.65. The minimum atomic E-state index is 0.479. The second-order valence-corrected chi connectivity index (χ2v) is 7.15. The van der Waals surface area contributed by atoms with Crippen molar-refractivity contribution >= 4 is 5.96 Å². The largest absolute Gasteiger partial charge is 0.497 e. The molecule has 1 unspecified atom stereocenters. The Balaban J connectivity index is 1.76. The lowest BCUT2D eigenvalue weighted by atomic mass is 9.98. The second kappa shape index (κ2) is 11.4. The predicted molar refractivity (Wildman–Crippen MR) is 116 cm³/mol. The third-order valence-electron chi connectivity index (χ3n) is 4.80. The van der Waals surface area contributed by atoms with Gasteiger partial charge in [0.25, 0.3) is 0 Å². The summed E-state index contributed by atoms with van der Waals surface area (Å²) in [4.78, 5) is 4.69. The summed E-state index contributed by atoms with van der Waals surface area (Å²) < 4.78 is 7.29. The molecule has 0 bridgehead atoms. The second-order valence-electron chi connectivity index (χ2n) is 7.15. The van der Waals surface area contributed by atoms with E-state index in [1.54, 1.807) is 7.11 Å². The van der Waals surface area contributed by atoms with E-state index in [0.29, 0.717) is 5.92 Å². The molecule has 0 spiro atoms. The molecule has 1 aromatic heterocycles. The first-order valence-electron chi connectivity index (χ1n) is 10.2. The van der Waals surface area contributed by atoms with E-state index in [4.69, 9.17) is 9.73 Å². The van der Waals surface area contributed by atoms with Gasteiger partial charge in [0.1, 0.15) is 5.75 Å². The van der Waals surface area contributed by atoms with Crippen molar-refractivity contribution < 1.29 is 4.74 Å². The number of methoxy groups -OCH3 is 1. The smallest absolute Gasteiger partial charge is 0.191 e. The Labute approximate surface area is 169 Å². The maximum Gasteiger partial charge on any atom is 0.191 e. The fourth-order valence-electron chi connectivity index (χ4n) is 3.16. The number of nitrogens with zero attached hydrogens (tertiary/aromatic N) is 3. The van der Waals surface area contributed by atoms with Crippen LogP contribution in [-0.4, -0.2) is 42.5 Å². The van der Waals surface area contributed by atoms with Crippen LogP contribution in [-0.2, 0) is 6.54 Å². The average Bonchev–Trinajstić information content (AvgIpc) is 3.02. The standard InChI is InChI=1S/C22H35N5O/c1-6-23-22(24-13-7-15-27-19(4)16-18(3)26-27)25-14-12-17(2)20-8-10-21(28-5)11-9-20/h8-11,16-17H,6-7,12-15H2,1-5H3,(H2,23,24,25). The Bertz CT molecular complexity index is 736. The van der Waals surface area contributed by atoms with Crippen molar-refractivity contribution in [1.82, 2.24) is 20.4 Å². The lowest BCUT2D eigenvalue weighted by molar-refractivity contribution is 0.414. The number of aliphatic imine (C=N–C) groups is 1. The Morgan fingerprint density at radius 3 is 2.57 bits per heavy atom. The number of rotatable bonds is 10. The number of ether oxygens (including phenoxy) is 1. The number of aryl methyl sites for hydroxylation is 3. The molecule has 0 saturated carbocycles. The zero-order valence-electron chi connectivity index (χ0n) is 18.0. The number of nitrogens with one attached hydrogen (secondary N) is 2. The molecule has 1 atom stereocenters. The van der Waals surface area contributed by atoms with E-state index in [1.807, 2.05) is 19.1 Å². The van der Waals surface area contributed by atoms with E-state index < -0.39 is 0 Å². The molecule has 0 fully saturated rings. The van der Waals surface area contributed by atoms with Gasteiger partial charge in [0.2, 0.25) is 0 Å². The van der Waals surface area contributed by atoms with Crippen molar-refractivity contribution in [1.29, 1.82) is 0 Å². The van der Waals surface area contributed by atoms with Crippen LogP contribution in [0.3, 0.4) is 0 Å². The van der Waals surface area contributed by atoms with Gasteiger partial charge < -0.3 is 15.4 Å². The number of guanidine groups is 1. The molecule has 28 heavy (non-hydrogen) atoms. The lowest BCUT2D eigenvalue weighted by Crippen LogP contribution is -2.38. The van der Waals surface area contributed by atoms with E-state index in [1.165, 1.54) is 11.3 Å². The fraction of sp³-hybridized carbons (Fsp3) is 0.545. The summed E-state index contributed by atoms with van der Waals surface area (Å²) in [5.74, 6) is 2.27. The summed E-state index contributed by atoms with van der Waals surface area (Å²) in [5, 5.41) is 11.3. The van der Waals surface area contributed by atoms with Crippen molar-refractivity contribution in [2.24, 2.45) is 4.99 Å². The van der Waals surface area contributed by atoms with Gasteiger partial charge in [-0.05, 0) is 63.3 Å². The first-order chi connectivity index (χ1) is 13.5. The van der Waals surface area contributed by atoms with Crippen LogP contribution in [0, 0.1) is 13.8 Å². The zero-order chi connectivity index (χ0) is 20.4. The molecule has 6 heteroatoms. The molecule has 0 radical (unpaired) electrons. The lowest BCUT2D eigenvalue weighted by Gasteiger charge is -2.15. The van der Waals surface area contributed by atoms with E-state index >= 15 is 0 Å².